The third-order valence-electron chi connectivity index (χ3n) is 2.84. The van der Waals surface area contributed by atoms with E-state index in [0.717, 1.165) is 29.8 Å². The van der Waals surface area contributed by atoms with Gasteiger partial charge in [-0.1, -0.05) is 43.0 Å². The van der Waals surface area contributed by atoms with Gasteiger partial charge in [0, 0.05) is 5.56 Å². The highest BCUT2D eigenvalue weighted by molar-refractivity contribution is 7.98. The maximum atomic E-state index is 12.8. The van der Waals surface area contributed by atoms with E-state index in [1.807, 2.05) is 19.1 Å². The van der Waals surface area contributed by atoms with Crippen LogP contribution < -0.4 is 0 Å². The lowest BCUT2D eigenvalue weighted by molar-refractivity contribution is -0.141. The molecule has 1 heterocycles. The topological polar surface area (TPSA) is 25.8 Å². The van der Waals surface area contributed by atoms with Gasteiger partial charge in [-0.15, -0.1) is 0 Å². The Labute approximate surface area is 119 Å². The number of aromatic nitrogens is 2. The Morgan fingerprint density at radius 2 is 1.75 bits per heavy atom. The van der Waals surface area contributed by atoms with Gasteiger partial charge in [0.1, 0.15) is 5.69 Å². The fraction of sp³-hybridized carbons (Fsp3) is 0.286. The predicted octanol–water partition coefficient (Wildman–Crippen LogP) is 4.45. The number of rotatable bonds is 3. The molecule has 0 N–H and O–H groups in total. The van der Waals surface area contributed by atoms with E-state index in [1.54, 1.807) is 18.4 Å². The maximum Gasteiger partial charge on any atom is 0.433 e. The first-order valence-electron chi connectivity index (χ1n) is 6.03. The van der Waals surface area contributed by atoms with Crippen molar-refractivity contribution in [3.05, 3.63) is 41.6 Å². The molecule has 0 aliphatic carbocycles. The van der Waals surface area contributed by atoms with Crippen molar-refractivity contribution in [1.29, 1.82) is 0 Å². The van der Waals surface area contributed by atoms with Crippen LogP contribution in [-0.2, 0) is 12.6 Å². The average Bonchev–Trinajstić information content (AvgIpc) is 2.46. The molecule has 106 valence electrons. The second-order valence-corrected chi connectivity index (χ2v) is 4.95. The molecule has 2 nitrogen and oxygen atoms in total. The number of benzene rings is 1. The van der Waals surface area contributed by atoms with E-state index in [1.165, 1.54) is 0 Å². The summed E-state index contributed by atoms with van der Waals surface area (Å²) >= 11 is 1.09. The average molecular weight is 298 g/mol. The smallest absolute Gasteiger partial charge is 0.222 e. The summed E-state index contributed by atoms with van der Waals surface area (Å²) in [7, 11) is 0. The lowest BCUT2D eigenvalue weighted by Crippen LogP contribution is -2.10. The Morgan fingerprint density at radius 3 is 2.25 bits per heavy atom. The van der Waals surface area contributed by atoms with Crippen molar-refractivity contribution in [2.45, 2.75) is 24.7 Å². The molecule has 1 aromatic heterocycles. The van der Waals surface area contributed by atoms with Crippen molar-refractivity contribution in [2.24, 2.45) is 0 Å². The van der Waals surface area contributed by atoms with Gasteiger partial charge in [-0.3, -0.25) is 0 Å². The number of hydrogen-bond acceptors (Lipinski definition) is 3. The van der Waals surface area contributed by atoms with Gasteiger partial charge < -0.3 is 0 Å². The number of thioether (sulfide) groups is 1. The molecule has 0 spiro atoms. The second-order valence-electron chi connectivity index (χ2n) is 4.17. The highest BCUT2D eigenvalue weighted by Crippen LogP contribution is 2.31. The molecule has 6 heteroatoms. The Hall–Kier alpha value is -1.56. The van der Waals surface area contributed by atoms with Gasteiger partial charge >= 0.3 is 6.18 Å². The van der Waals surface area contributed by atoms with Crippen LogP contribution >= 0.6 is 11.8 Å². The molecule has 0 radical (unpaired) electrons. The third-order valence-corrected chi connectivity index (χ3v) is 3.38. The van der Waals surface area contributed by atoms with E-state index < -0.39 is 11.9 Å². The molecule has 0 saturated carbocycles. The molecule has 0 aliphatic heterocycles. The number of hydrogen-bond donors (Lipinski definition) is 0. The van der Waals surface area contributed by atoms with Gasteiger partial charge in [-0.2, -0.15) is 13.2 Å². The normalized spacial score (nSPS) is 11.7. The van der Waals surface area contributed by atoms with Crippen LogP contribution in [0.15, 0.2) is 35.5 Å². The summed E-state index contributed by atoms with van der Waals surface area (Å²) in [6.45, 7) is 2.02. The van der Waals surface area contributed by atoms with E-state index >= 15 is 0 Å². The zero-order chi connectivity index (χ0) is 14.8. The maximum absolute atomic E-state index is 12.8. The van der Waals surface area contributed by atoms with E-state index in [0.29, 0.717) is 11.3 Å². The summed E-state index contributed by atoms with van der Waals surface area (Å²) in [5.41, 5.74) is 1.17. The lowest BCUT2D eigenvalue weighted by atomic mass is 10.1. The molecule has 0 amide bonds. The SMILES string of the molecule is CCc1ccc(-c2cc(C(F)(F)F)nc(SC)n2)cc1. The molecule has 0 fully saturated rings. The third kappa shape index (κ3) is 3.30. The highest BCUT2D eigenvalue weighted by Gasteiger charge is 2.33. The Bertz CT molecular complexity index is 594. The molecule has 2 aromatic rings. The molecule has 0 unspecified atom stereocenters. The van der Waals surface area contributed by atoms with Crippen molar-refractivity contribution >= 4 is 11.8 Å². The summed E-state index contributed by atoms with van der Waals surface area (Å²) in [5.74, 6) is 0. The molecule has 0 atom stereocenters. The van der Waals surface area contributed by atoms with Crippen LogP contribution in [0.3, 0.4) is 0 Å². The molecular weight excluding hydrogens is 285 g/mol. The number of halogens is 3. The molecular formula is C14H13F3N2S. The first-order chi connectivity index (χ1) is 9.44. The quantitative estimate of drug-likeness (QED) is 0.618. The van der Waals surface area contributed by atoms with E-state index in [9.17, 15) is 13.2 Å². The van der Waals surface area contributed by atoms with Crippen molar-refractivity contribution < 1.29 is 13.2 Å². The minimum atomic E-state index is -4.47. The minimum absolute atomic E-state index is 0.120. The molecule has 1 aromatic carbocycles. The molecule has 0 aliphatic rings. The van der Waals surface area contributed by atoms with Crippen LogP contribution in [0.25, 0.3) is 11.3 Å². The van der Waals surface area contributed by atoms with Crippen molar-refractivity contribution in [3.8, 4) is 11.3 Å². The van der Waals surface area contributed by atoms with Gasteiger partial charge in [0.25, 0.3) is 0 Å². The van der Waals surface area contributed by atoms with Crippen LogP contribution in [0.4, 0.5) is 13.2 Å². The number of nitrogens with zero attached hydrogens (tertiary/aromatic N) is 2. The molecule has 0 bridgehead atoms. The summed E-state index contributed by atoms with van der Waals surface area (Å²) in [6.07, 6.45) is -1.93. The number of alkyl halides is 3. The minimum Gasteiger partial charge on any atom is -0.222 e. The van der Waals surface area contributed by atoms with E-state index in [-0.39, 0.29) is 5.16 Å². The summed E-state index contributed by atoms with van der Waals surface area (Å²) in [6, 6.07) is 8.34. The zero-order valence-corrected chi connectivity index (χ0v) is 11.8. The summed E-state index contributed by atoms with van der Waals surface area (Å²) in [4.78, 5) is 7.65. The monoisotopic (exact) mass is 298 g/mol. The Morgan fingerprint density at radius 1 is 1.10 bits per heavy atom. The van der Waals surface area contributed by atoms with E-state index in [2.05, 4.69) is 9.97 Å². The zero-order valence-electron chi connectivity index (χ0n) is 11.0. The van der Waals surface area contributed by atoms with Crippen molar-refractivity contribution in [3.63, 3.8) is 0 Å². The van der Waals surface area contributed by atoms with Crippen molar-refractivity contribution in [2.75, 3.05) is 6.26 Å². The second kappa shape index (κ2) is 5.83. The largest absolute Gasteiger partial charge is 0.433 e. The summed E-state index contributed by atoms with van der Waals surface area (Å²) < 4.78 is 38.5. The number of aryl methyl sites for hydroxylation is 1. The van der Waals surface area contributed by atoms with Crippen LogP contribution in [0.2, 0.25) is 0 Å². The van der Waals surface area contributed by atoms with Crippen LogP contribution in [0, 0.1) is 0 Å². The Kier molecular flexibility index (Phi) is 4.32. The van der Waals surface area contributed by atoms with Gasteiger partial charge in [-0.05, 0) is 24.3 Å². The summed E-state index contributed by atoms with van der Waals surface area (Å²) in [5, 5.41) is 0.120. The molecule has 20 heavy (non-hydrogen) atoms. The fourth-order valence-electron chi connectivity index (χ4n) is 1.72. The van der Waals surface area contributed by atoms with Gasteiger partial charge in [0.15, 0.2) is 5.16 Å². The molecule has 2 rings (SSSR count). The van der Waals surface area contributed by atoms with Crippen LogP contribution in [0.5, 0.6) is 0 Å². The fourth-order valence-corrected chi connectivity index (χ4v) is 2.10. The lowest BCUT2D eigenvalue weighted by Gasteiger charge is -2.10. The first kappa shape index (κ1) is 14.8. The first-order valence-corrected chi connectivity index (χ1v) is 7.26. The standard InChI is InChI=1S/C14H13F3N2S/c1-3-9-4-6-10(7-5-9)11-8-12(14(15,16)17)19-13(18-11)20-2/h4-8H,3H2,1-2H3. The van der Waals surface area contributed by atoms with Gasteiger partial charge in [-0.25, -0.2) is 9.97 Å². The van der Waals surface area contributed by atoms with Crippen LogP contribution in [0.1, 0.15) is 18.2 Å². The van der Waals surface area contributed by atoms with Crippen molar-refractivity contribution in [1.82, 2.24) is 9.97 Å². The Balaban J connectivity index is 2.49. The predicted molar refractivity (Wildman–Crippen MR) is 73.6 cm³/mol. The molecule has 0 saturated heterocycles. The van der Waals surface area contributed by atoms with E-state index in [4.69, 9.17) is 0 Å². The van der Waals surface area contributed by atoms with Gasteiger partial charge in [0.2, 0.25) is 0 Å². The van der Waals surface area contributed by atoms with Crippen LogP contribution in [-0.4, -0.2) is 16.2 Å². The van der Waals surface area contributed by atoms with Gasteiger partial charge in [0.05, 0.1) is 5.69 Å². The highest BCUT2D eigenvalue weighted by atomic mass is 32.2.